The minimum Gasteiger partial charge on any atom is -0.484 e. The number of carboxylic acids is 1. The van der Waals surface area contributed by atoms with Gasteiger partial charge in [-0.2, -0.15) is 0 Å². The van der Waals surface area contributed by atoms with Gasteiger partial charge in [-0.25, -0.2) is 4.79 Å². The highest BCUT2D eigenvalue weighted by Crippen LogP contribution is 2.25. The van der Waals surface area contributed by atoms with E-state index in [1.807, 2.05) is 13.8 Å². The van der Waals surface area contributed by atoms with E-state index in [9.17, 15) is 9.59 Å². The van der Waals surface area contributed by atoms with Gasteiger partial charge in [-0.3, -0.25) is 4.79 Å². The third-order valence-corrected chi connectivity index (χ3v) is 3.81. The van der Waals surface area contributed by atoms with Gasteiger partial charge in [-0.15, -0.1) is 0 Å². The molecule has 0 aromatic heterocycles. The standard InChI is InChI=1S/C17H16ClNO4/c1-10-7-12(8-11(2)16(10)18)23-9-15(20)19-14-6-4-3-5-13(14)17(21)22/h3-8H,9H2,1-2H3,(H,19,20)(H,21,22). The topological polar surface area (TPSA) is 75.6 Å². The van der Waals surface area contributed by atoms with E-state index in [1.54, 1.807) is 24.3 Å². The highest BCUT2D eigenvalue weighted by atomic mass is 35.5. The number of benzene rings is 2. The Labute approximate surface area is 138 Å². The number of anilines is 1. The third kappa shape index (κ3) is 4.23. The van der Waals surface area contributed by atoms with E-state index in [-0.39, 0.29) is 17.9 Å². The molecule has 0 saturated carbocycles. The summed E-state index contributed by atoms with van der Waals surface area (Å²) in [6.45, 7) is 3.48. The predicted molar refractivity (Wildman–Crippen MR) is 88.5 cm³/mol. The first-order chi connectivity index (χ1) is 10.9. The van der Waals surface area contributed by atoms with Crippen molar-refractivity contribution in [2.45, 2.75) is 13.8 Å². The Morgan fingerprint density at radius 1 is 1.17 bits per heavy atom. The molecular formula is C17H16ClNO4. The fourth-order valence-electron chi connectivity index (χ4n) is 2.10. The number of aryl methyl sites for hydroxylation is 2. The first-order valence-corrected chi connectivity index (χ1v) is 7.28. The van der Waals surface area contributed by atoms with Crippen LogP contribution in [-0.2, 0) is 4.79 Å². The number of hydrogen-bond acceptors (Lipinski definition) is 3. The predicted octanol–water partition coefficient (Wildman–Crippen LogP) is 3.67. The van der Waals surface area contributed by atoms with Gasteiger partial charge >= 0.3 is 5.97 Å². The number of aromatic carboxylic acids is 1. The van der Waals surface area contributed by atoms with Gasteiger partial charge in [0, 0.05) is 5.02 Å². The zero-order valence-electron chi connectivity index (χ0n) is 12.7. The molecule has 0 atom stereocenters. The van der Waals surface area contributed by atoms with Crippen molar-refractivity contribution in [3.05, 3.63) is 58.1 Å². The molecule has 6 heteroatoms. The number of amides is 1. The molecule has 0 unspecified atom stereocenters. The van der Waals surface area contributed by atoms with Gasteiger partial charge in [0.2, 0.25) is 0 Å². The highest BCUT2D eigenvalue weighted by molar-refractivity contribution is 6.32. The molecule has 0 radical (unpaired) electrons. The zero-order chi connectivity index (χ0) is 17.0. The summed E-state index contributed by atoms with van der Waals surface area (Å²) in [4.78, 5) is 23.0. The number of halogens is 1. The molecule has 0 saturated heterocycles. The van der Waals surface area contributed by atoms with E-state index in [0.717, 1.165) is 11.1 Å². The second kappa shape index (κ2) is 7.15. The quantitative estimate of drug-likeness (QED) is 0.875. The summed E-state index contributed by atoms with van der Waals surface area (Å²) in [5.74, 6) is -1.01. The average molecular weight is 334 g/mol. The molecule has 2 aromatic rings. The fourth-order valence-corrected chi connectivity index (χ4v) is 2.21. The van der Waals surface area contributed by atoms with Crippen molar-refractivity contribution in [3.8, 4) is 5.75 Å². The smallest absolute Gasteiger partial charge is 0.337 e. The van der Waals surface area contributed by atoms with E-state index >= 15 is 0 Å². The van der Waals surface area contributed by atoms with Crippen molar-refractivity contribution in [2.24, 2.45) is 0 Å². The van der Waals surface area contributed by atoms with Gasteiger partial charge in [0.25, 0.3) is 5.91 Å². The molecule has 0 heterocycles. The molecule has 0 fully saturated rings. The zero-order valence-corrected chi connectivity index (χ0v) is 13.5. The van der Waals surface area contributed by atoms with E-state index in [2.05, 4.69) is 5.32 Å². The van der Waals surface area contributed by atoms with Gasteiger partial charge in [0.15, 0.2) is 6.61 Å². The van der Waals surface area contributed by atoms with E-state index in [1.165, 1.54) is 12.1 Å². The summed E-state index contributed by atoms with van der Waals surface area (Å²) in [7, 11) is 0. The monoisotopic (exact) mass is 333 g/mol. The maximum Gasteiger partial charge on any atom is 0.337 e. The van der Waals surface area contributed by atoms with Crippen molar-refractivity contribution < 1.29 is 19.4 Å². The summed E-state index contributed by atoms with van der Waals surface area (Å²) in [5.41, 5.74) is 1.98. The van der Waals surface area contributed by atoms with Crippen LogP contribution in [0.25, 0.3) is 0 Å². The molecule has 0 bridgehead atoms. The molecular weight excluding hydrogens is 318 g/mol. The second-order valence-electron chi connectivity index (χ2n) is 5.06. The minimum atomic E-state index is -1.11. The largest absolute Gasteiger partial charge is 0.484 e. The van der Waals surface area contributed by atoms with Gasteiger partial charge in [0.1, 0.15) is 5.75 Å². The first kappa shape index (κ1) is 16.8. The summed E-state index contributed by atoms with van der Waals surface area (Å²) in [6, 6.07) is 9.67. The van der Waals surface area contributed by atoms with Crippen LogP contribution in [0.3, 0.4) is 0 Å². The van der Waals surface area contributed by atoms with Crippen molar-refractivity contribution in [1.29, 1.82) is 0 Å². The van der Waals surface area contributed by atoms with E-state index in [0.29, 0.717) is 10.8 Å². The first-order valence-electron chi connectivity index (χ1n) is 6.90. The normalized spacial score (nSPS) is 10.2. The average Bonchev–Trinajstić information content (AvgIpc) is 2.50. The summed E-state index contributed by atoms with van der Waals surface area (Å²) < 4.78 is 5.44. The van der Waals surface area contributed by atoms with Crippen molar-refractivity contribution in [3.63, 3.8) is 0 Å². The van der Waals surface area contributed by atoms with Crippen LogP contribution >= 0.6 is 11.6 Å². The lowest BCUT2D eigenvalue weighted by atomic mass is 10.1. The Hall–Kier alpha value is -2.53. The number of nitrogens with one attached hydrogen (secondary N) is 1. The Balaban J connectivity index is 2.03. The summed E-state index contributed by atoms with van der Waals surface area (Å²) in [5, 5.41) is 12.3. The molecule has 120 valence electrons. The lowest BCUT2D eigenvalue weighted by Gasteiger charge is -2.11. The molecule has 0 aliphatic heterocycles. The minimum absolute atomic E-state index is 0.0269. The van der Waals surface area contributed by atoms with Crippen molar-refractivity contribution in [1.82, 2.24) is 0 Å². The van der Waals surface area contributed by atoms with Crippen LogP contribution in [0.1, 0.15) is 21.5 Å². The molecule has 2 N–H and O–H groups in total. The van der Waals surface area contributed by atoms with Gasteiger partial charge in [0.05, 0.1) is 11.3 Å². The molecule has 23 heavy (non-hydrogen) atoms. The maximum atomic E-state index is 11.9. The van der Waals surface area contributed by atoms with Crippen LogP contribution in [0.4, 0.5) is 5.69 Å². The van der Waals surface area contributed by atoms with Crippen LogP contribution in [0, 0.1) is 13.8 Å². The second-order valence-corrected chi connectivity index (χ2v) is 5.44. The number of ether oxygens (including phenoxy) is 1. The number of carbonyl (C=O) groups is 2. The van der Waals surface area contributed by atoms with Gasteiger partial charge in [-0.1, -0.05) is 23.7 Å². The molecule has 0 aliphatic rings. The Kier molecular flexibility index (Phi) is 5.24. The van der Waals surface area contributed by atoms with Gasteiger partial charge < -0.3 is 15.2 Å². The summed E-state index contributed by atoms with van der Waals surface area (Å²) >= 11 is 6.08. The fraction of sp³-hybridized carbons (Fsp3) is 0.176. The molecule has 2 rings (SSSR count). The highest BCUT2D eigenvalue weighted by Gasteiger charge is 2.12. The number of carbonyl (C=O) groups excluding carboxylic acids is 1. The number of hydrogen-bond donors (Lipinski definition) is 2. The molecule has 0 spiro atoms. The Morgan fingerprint density at radius 2 is 1.78 bits per heavy atom. The van der Waals surface area contributed by atoms with Crippen LogP contribution < -0.4 is 10.1 Å². The van der Waals surface area contributed by atoms with Crippen molar-refractivity contribution >= 4 is 29.2 Å². The van der Waals surface area contributed by atoms with Crippen LogP contribution in [0.5, 0.6) is 5.75 Å². The van der Waals surface area contributed by atoms with E-state index in [4.69, 9.17) is 21.4 Å². The number of rotatable bonds is 5. The maximum absolute atomic E-state index is 11.9. The van der Waals surface area contributed by atoms with Crippen molar-refractivity contribution in [2.75, 3.05) is 11.9 Å². The van der Waals surface area contributed by atoms with Crippen LogP contribution in [0.15, 0.2) is 36.4 Å². The van der Waals surface area contributed by atoms with E-state index < -0.39 is 11.9 Å². The molecule has 2 aromatic carbocycles. The lowest BCUT2D eigenvalue weighted by Crippen LogP contribution is -2.21. The van der Waals surface area contributed by atoms with Crippen LogP contribution in [-0.4, -0.2) is 23.6 Å². The number of carboxylic acid groups (broad SMARTS) is 1. The molecule has 5 nitrogen and oxygen atoms in total. The van der Waals surface area contributed by atoms with Gasteiger partial charge in [-0.05, 0) is 49.2 Å². The van der Waals surface area contributed by atoms with Crippen LogP contribution in [0.2, 0.25) is 5.02 Å². The molecule has 0 aliphatic carbocycles. The Bertz CT molecular complexity index is 735. The Morgan fingerprint density at radius 3 is 2.39 bits per heavy atom. The SMILES string of the molecule is Cc1cc(OCC(=O)Nc2ccccc2C(=O)O)cc(C)c1Cl. The lowest BCUT2D eigenvalue weighted by molar-refractivity contribution is -0.118. The molecule has 1 amide bonds. The summed E-state index contributed by atoms with van der Waals surface area (Å²) in [6.07, 6.45) is 0. The number of para-hydroxylation sites is 1. The third-order valence-electron chi connectivity index (χ3n) is 3.21.